The zero-order valence-corrected chi connectivity index (χ0v) is 13.2. The molecule has 0 saturated heterocycles. The Kier molecular flexibility index (Phi) is 4.73. The highest BCUT2D eigenvalue weighted by molar-refractivity contribution is 7.98. The van der Waals surface area contributed by atoms with Crippen LogP contribution in [0.2, 0.25) is 5.02 Å². The third kappa shape index (κ3) is 3.16. The van der Waals surface area contributed by atoms with Crippen molar-refractivity contribution in [1.82, 2.24) is 9.78 Å². The van der Waals surface area contributed by atoms with E-state index in [2.05, 4.69) is 10.4 Å². The fourth-order valence-corrected chi connectivity index (χ4v) is 2.52. The van der Waals surface area contributed by atoms with Crippen LogP contribution in [0.4, 0.5) is 5.82 Å². The molecule has 2 rings (SSSR count). The van der Waals surface area contributed by atoms with E-state index in [1.807, 2.05) is 32.2 Å². The van der Waals surface area contributed by atoms with E-state index >= 15 is 0 Å². The average molecular weight is 310 g/mol. The Morgan fingerprint density at radius 1 is 1.45 bits per heavy atom. The first-order chi connectivity index (χ1) is 9.55. The molecule has 0 spiro atoms. The van der Waals surface area contributed by atoms with Crippen molar-refractivity contribution < 1.29 is 4.79 Å². The minimum atomic E-state index is -0.222. The number of thioether (sulfide) groups is 1. The summed E-state index contributed by atoms with van der Waals surface area (Å²) in [6.45, 7) is 4.56. The van der Waals surface area contributed by atoms with Crippen LogP contribution in [0, 0.1) is 6.92 Å². The smallest absolute Gasteiger partial charge is 0.258 e. The van der Waals surface area contributed by atoms with Crippen LogP contribution >= 0.6 is 23.4 Å². The molecule has 1 N–H and O–H groups in total. The summed E-state index contributed by atoms with van der Waals surface area (Å²) in [5, 5.41) is 7.60. The predicted molar refractivity (Wildman–Crippen MR) is 83.8 cm³/mol. The molecule has 2 aromatic rings. The van der Waals surface area contributed by atoms with Gasteiger partial charge in [0.15, 0.2) is 0 Å². The molecule has 1 aromatic heterocycles. The highest BCUT2D eigenvalue weighted by Crippen LogP contribution is 2.24. The Hall–Kier alpha value is -1.46. The third-order valence-electron chi connectivity index (χ3n) is 2.86. The van der Waals surface area contributed by atoms with Crippen molar-refractivity contribution in [3.8, 4) is 0 Å². The van der Waals surface area contributed by atoms with E-state index in [4.69, 9.17) is 11.6 Å². The zero-order valence-electron chi connectivity index (χ0n) is 11.6. The Morgan fingerprint density at radius 3 is 2.85 bits per heavy atom. The van der Waals surface area contributed by atoms with Crippen LogP contribution in [0.5, 0.6) is 0 Å². The SMILES string of the molecule is CCn1nc(C)cc1NC(=O)c1cc(SC)ccc1Cl. The number of nitrogens with one attached hydrogen (secondary N) is 1. The van der Waals surface area contributed by atoms with Gasteiger partial charge in [-0.1, -0.05) is 11.6 Å². The second-order valence-electron chi connectivity index (χ2n) is 4.29. The van der Waals surface area contributed by atoms with Crippen molar-refractivity contribution in [1.29, 1.82) is 0 Å². The molecule has 0 radical (unpaired) electrons. The number of benzene rings is 1. The maximum Gasteiger partial charge on any atom is 0.258 e. The van der Waals surface area contributed by atoms with Gasteiger partial charge in [0, 0.05) is 17.5 Å². The molecule has 106 valence electrons. The molecule has 4 nitrogen and oxygen atoms in total. The van der Waals surface area contributed by atoms with E-state index in [1.54, 1.807) is 28.6 Å². The second kappa shape index (κ2) is 6.33. The molecule has 6 heteroatoms. The van der Waals surface area contributed by atoms with E-state index in [9.17, 15) is 4.79 Å². The average Bonchev–Trinajstić information content (AvgIpc) is 2.79. The summed E-state index contributed by atoms with van der Waals surface area (Å²) in [5.41, 5.74) is 1.34. The van der Waals surface area contributed by atoms with Gasteiger partial charge in [-0.05, 0) is 38.3 Å². The monoisotopic (exact) mass is 309 g/mol. The number of carbonyl (C=O) groups excluding carboxylic acids is 1. The summed E-state index contributed by atoms with van der Waals surface area (Å²) in [5.74, 6) is 0.459. The molecule has 0 aliphatic rings. The van der Waals surface area contributed by atoms with Gasteiger partial charge in [0.05, 0.1) is 16.3 Å². The van der Waals surface area contributed by atoms with Crippen LogP contribution in [-0.4, -0.2) is 21.9 Å². The number of aryl methyl sites for hydroxylation is 2. The van der Waals surface area contributed by atoms with Crippen molar-refractivity contribution in [2.24, 2.45) is 0 Å². The van der Waals surface area contributed by atoms with Gasteiger partial charge in [-0.25, -0.2) is 4.68 Å². The molecule has 0 saturated carbocycles. The topological polar surface area (TPSA) is 46.9 Å². The van der Waals surface area contributed by atoms with Gasteiger partial charge in [0.1, 0.15) is 5.82 Å². The first-order valence-electron chi connectivity index (χ1n) is 6.24. The molecular formula is C14H16ClN3OS. The number of nitrogens with zero attached hydrogens (tertiary/aromatic N) is 2. The highest BCUT2D eigenvalue weighted by atomic mass is 35.5. The lowest BCUT2D eigenvalue weighted by molar-refractivity contribution is 0.102. The molecule has 0 aliphatic heterocycles. The summed E-state index contributed by atoms with van der Waals surface area (Å²) >= 11 is 7.67. The van der Waals surface area contributed by atoms with Crippen molar-refractivity contribution >= 4 is 35.1 Å². The van der Waals surface area contributed by atoms with Crippen LogP contribution in [0.1, 0.15) is 23.0 Å². The van der Waals surface area contributed by atoms with E-state index in [0.29, 0.717) is 22.9 Å². The summed E-state index contributed by atoms with van der Waals surface area (Å²) in [4.78, 5) is 13.3. The quantitative estimate of drug-likeness (QED) is 0.873. The van der Waals surface area contributed by atoms with Gasteiger partial charge < -0.3 is 5.32 Å². The van der Waals surface area contributed by atoms with Gasteiger partial charge >= 0.3 is 0 Å². The minimum absolute atomic E-state index is 0.222. The van der Waals surface area contributed by atoms with Gasteiger partial charge in [-0.2, -0.15) is 5.10 Å². The lowest BCUT2D eigenvalue weighted by Gasteiger charge is -2.09. The van der Waals surface area contributed by atoms with Crippen LogP contribution in [0.25, 0.3) is 0 Å². The fraction of sp³-hybridized carbons (Fsp3) is 0.286. The Labute approximate surface area is 127 Å². The lowest BCUT2D eigenvalue weighted by atomic mass is 10.2. The fourth-order valence-electron chi connectivity index (χ4n) is 1.88. The molecule has 0 aliphatic carbocycles. The molecule has 1 aromatic carbocycles. The number of anilines is 1. The minimum Gasteiger partial charge on any atom is -0.307 e. The second-order valence-corrected chi connectivity index (χ2v) is 5.57. The van der Waals surface area contributed by atoms with Crippen LogP contribution < -0.4 is 5.32 Å². The van der Waals surface area contributed by atoms with Crippen LogP contribution in [-0.2, 0) is 6.54 Å². The number of carbonyl (C=O) groups is 1. The van der Waals surface area contributed by atoms with E-state index in [-0.39, 0.29) is 5.91 Å². The van der Waals surface area contributed by atoms with Crippen LogP contribution in [0.15, 0.2) is 29.2 Å². The van der Waals surface area contributed by atoms with Gasteiger partial charge in [0.2, 0.25) is 0 Å². The van der Waals surface area contributed by atoms with E-state index < -0.39 is 0 Å². The van der Waals surface area contributed by atoms with Gasteiger partial charge in [0.25, 0.3) is 5.91 Å². The molecule has 0 bridgehead atoms. The van der Waals surface area contributed by atoms with Crippen molar-refractivity contribution in [2.45, 2.75) is 25.3 Å². The maximum absolute atomic E-state index is 12.3. The first-order valence-corrected chi connectivity index (χ1v) is 7.84. The Balaban J connectivity index is 2.27. The zero-order chi connectivity index (χ0) is 14.7. The standard InChI is InChI=1S/C14H16ClN3OS/c1-4-18-13(7-9(2)17-18)16-14(19)11-8-10(20-3)5-6-12(11)15/h5-8H,4H2,1-3H3,(H,16,19). The van der Waals surface area contributed by atoms with Gasteiger partial charge in [-0.3, -0.25) is 4.79 Å². The number of amides is 1. The summed E-state index contributed by atoms with van der Waals surface area (Å²) in [6, 6.07) is 7.27. The molecule has 0 atom stereocenters. The number of hydrogen-bond acceptors (Lipinski definition) is 3. The maximum atomic E-state index is 12.3. The van der Waals surface area contributed by atoms with Crippen molar-refractivity contribution in [3.05, 3.63) is 40.5 Å². The number of rotatable bonds is 4. The number of halogens is 1. The molecule has 0 fully saturated rings. The largest absolute Gasteiger partial charge is 0.307 e. The number of aromatic nitrogens is 2. The van der Waals surface area contributed by atoms with E-state index in [1.165, 1.54) is 0 Å². The highest BCUT2D eigenvalue weighted by Gasteiger charge is 2.14. The molecule has 1 heterocycles. The summed E-state index contributed by atoms with van der Waals surface area (Å²) < 4.78 is 1.75. The third-order valence-corrected chi connectivity index (χ3v) is 3.92. The van der Waals surface area contributed by atoms with Crippen molar-refractivity contribution in [3.63, 3.8) is 0 Å². The molecule has 0 unspecified atom stereocenters. The van der Waals surface area contributed by atoms with Crippen molar-refractivity contribution in [2.75, 3.05) is 11.6 Å². The Morgan fingerprint density at radius 2 is 2.20 bits per heavy atom. The molecular weight excluding hydrogens is 294 g/mol. The normalized spacial score (nSPS) is 10.6. The summed E-state index contributed by atoms with van der Waals surface area (Å²) in [6.07, 6.45) is 1.96. The van der Waals surface area contributed by atoms with Crippen LogP contribution in [0.3, 0.4) is 0 Å². The predicted octanol–water partition coefficient (Wildman–Crippen LogP) is 3.84. The van der Waals surface area contributed by atoms with E-state index in [0.717, 1.165) is 10.6 Å². The lowest BCUT2D eigenvalue weighted by Crippen LogP contribution is -2.16. The molecule has 1 amide bonds. The van der Waals surface area contributed by atoms with Gasteiger partial charge in [-0.15, -0.1) is 11.8 Å². The molecule has 20 heavy (non-hydrogen) atoms. The first kappa shape index (κ1) is 14.9. The number of hydrogen-bond donors (Lipinski definition) is 1. The Bertz CT molecular complexity index is 639. The summed E-state index contributed by atoms with van der Waals surface area (Å²) in [7, 11) is 0.